The van der Waals surface area contributed by atoms with Crippen molar-refractivity contribution in [2.24, 2.45) is 0 Å². The van der Waals surface area contributed by atoms with E-state index in [1.807, 2.05) is 7.05 Å². The Bertz CT molecular complexity index is 96.9. The fraction of sp³-hybridized carbons (Fsp3) is 1.00. The monoisotopic (exact) mass is 188 g/mol. The molecule has 0 aromatic rings. The van der Waals surface area contributed by atoms with Gasteiger partial charge in [-0.25, -0.2) is 0 Å². The highest BCUT2D eigenvalue weighted by molar-refractivity contribution is 4.45. The van der Waals surface area contributed by atoms with E-state index in [-0.39, 0.29) is 0 Å². The smallest absolute Gasteiger partial charge is 0.0593 e. The summed E-state index contributed by atoms with van der Waals surface area (Å²) in [6.07, 6.45) is 3.71. The summed E-state index contributed by atoms with van der Waals surface area (Å²) < 4.78 is 5.46. The van der Waals surface area contributed by atoms with Gasteiger partial charge in [0, 0.05) is 13.2 Å². The summed E-state index contributed by atoms with van der Waals surface area (Å²) in [6.45, 7) is 3.92. The summed E-state index contributed by atoms with van der Waals surface area (Å²) >= 11 is 0. The van der Waals surface area contributed by atoms with Crippen molar-refractivity contribution in [3.63, 3.8) is 0 Å². The lowest BCUT2D eigenvalue weighted by Gasteiger charge is -2.09. The van der Waals surface area contributed by atoms with Crippen LogP contribution in [0.1, 0.15) is 19.3 Å². The van der Waals surface area contributed by atoms with Gasteiger partial charge in [0.1, 0.15) is 0 Å². The fourth-order valence-corrected chi connectivity index (χ4v) is 1.03. The van der Waals surface area contributed by atoms with Crippen molar-refractivity contribution < 1.29 is 4.74 Å². The Kier molecular flexibility index (Phi) is 9.87. The molecule has 0 rings (SSSR count). The van der Waals surface area contributed by atoms with Crippen LogP contribution in [-0.4, -0.2) is 52.3 Å². The molecule has 13 heavy (non-hydrogen) atoms. The summed E-state index contributed by atoms with van der Waals surface area (Å²) in [7, 11) is 6.13. The van der Waals surface area contributed by atoms with Gasteiger partial charge in [0.15, 0.2) is 0 Å². The topological polar surface area (TPSA) is 24.5 Å². The molecule has 0 aliphatic rings. The van der Waals surface area contributed by atoms with Gasteiger partial charge in [-0.1, -0.05) is 0 Å². The van der Waals surface area contributed by atoms with E-state index in [1.54, 1.807) is 0 Å². The van der Waals surface area contributed by atoms with Crippen LogP contribution < -0.4 is 5.32 Å². The number of rotatable bonds is 9. The van der Waals surface area contributed by atoms with Crippen LogP contribution in [0, 0.1) is 0 Å². The Morgan fingerprint density at radius 2 is 1.85 bits per heavy atom. The predicted octanol–water partition coefficient (Wildman–Crippen LogP) is 0.954. The molecule has 0 aromatic heterocycles. The first kappa shape index (κ1) is 12.9. The van der Waals surface area contributed by atoms with E-state index >= 15 is 0 Å². The molecule has 0 fully saturated rings. The lowest BCUT2D eigenvalue weighted by atomic mass is 10.2. The molecule has 0 aromatic carbocycles. The third kappa shape index (κ3) is 11.9. The highest BCUT2D eigenvalue weighted by atomic mass is 16.5. The first-order chi connectivity index (χ1) is 6.27. The highest BCUT2D eigenvalue weighted by Crippen LogP contribution is 1.94. The van der Waals surface area contributed by atoms with Gasteiger partial charge in [0.25, 0.3) is 0 Å². The van der Waals surface area contributed by atoms with E-state index in [9.17, 15) is 0 Å². The molecular weight excluding hydrogens is 164 g/mol. The molecule has 0 radical (unpaired) electrons. The van der Waals surface area contributed by atoms with Crippen LogP contribution in [0.3, 0.4) is 0 Å². The van der Waals surface area contributed by atoms with Crippen molar-refractivity contribution in [2.75, 3.05) is 47.4 Å². The molecule has 0 bridgehead atoms. The lowest BCUT2D eigenvalue weighted by Crippen LogP contribution is -2.18. The Morgan fingerprint density at radius 1 is 1.08 bits per heavy atom. The van der Waals surface area contributed by atoms with E-state index in [4.69, 9.17) is 4.74 Å². The Labute approximate surface area is 82.4 Å². The highest BCUT2D eigenvalue weighted by Gasteiger charge is 1.91. The summed E-state index contributed by atoms with van der Waals surface area (Å²) in [4.78, 5) is 2.14. The van der Waals surface area contributed by atoms with Crippen LogP contribution in [0.25, 0.3) is 0 Å². The zero-order valence-corrected chi connectivity index (χ0v) is 9.31. The molecule has 0 unspecified atom stereocenters. The summed E-state index contributed by atoms with van der Waals surface area (Å²) in [5.74, 6) is 0. The Morgan fingerprint density at radius 3 is 2.46 bits per heavy atom. The summed E-state index contributed by atoms with van der Waals surface area (Å²) in [5.41, 5.74) is 0. The van der Waals surface area contributed by atoms with Crippen molar-refractivity contribution in [1.29, 1.82) is 0 Å². The quantitative estimate of drug-likeness (QED) is 0.545. The number of nitrogens with one attached hydrogen (secondary N) is 1. The molecule has 80 valence electrons. The first-order valence-corrected chi connectivity index (χ1v) is 5.14. The third-order valence-corrected chi connectivity index (χ3v) is 1.90. The van der Waals surface area contributed by atoms with Gasteiger partial charge in [0.2, 0.25) is 0 Å². The second-order valence-corrected chi connectivity index (χ2v) is 3.58. The molecule has 0 atom stereocenters. The summed E-state index contributed by atoms with van der Waals surface area (Å²) in [5, 5.41) is 3.14. The number of hydrogen-bond donors (Lipinski definition) is 1. The zero-order chi connectivity index (χ0) is 9.94. The van der Waals surface area contributed by atoms with Crippen LogP contribution in [0.2, 0.25) is 0 Å². The number of ether oxygens (including phenoxy) is 1. The molecule has 0 aliphatic carbocycles. The van der Waals surface area contributed by atoms with Gasteiger partial charge < -0.3 is 15.0 Å². The van der Waals surface area contributed by atoms with E-state index in [0.717, 1.165) is 26.3 Å². The number of likely N-dealkylation sites (N-methyl/N-ethyl adjacent to an activating group) is 1. The minimum Gasteiger partial charge on any atom is -0.380 e. The second kappa shape index (κ2) is 9.96. The molecular formula is C10H24N2O. The standard InChI is InChI=1S/C10H24N2O/c1-11-7-5-4-6-9-13-10-8-12(2)3/h11H,4-10H2,1-3H3. The third-order valence-electron chi connectivity index (χ3n) is 1.90. The lowest BCUT2D eigenvalue weighted by molar-refractivity contribution is 0.114. The molecule has 3 nitrogen and oxygen atoms in total. The van der Waals surface area contributed by atoms with Crippen LogP contribution in [0.5, 0.6) is 0 Å². The van der Waals surface area contributed by atoms with Crippen LogP contribution in [-0.2, 0) is 4.74 Å². The van der Waals surface area contributed by atoms with Crippen molar-refractivity contribution in [1.82, 2.24) is 10.2 Å². The number of nitrogens with zero attached hydrogens (tertiary/aromatic N) is 1. The number of hydrogen-bond acceptors (Lipinski definition) is 3. The minimum atomic E-state index is 0.860. The van der Waals surface area contributed by atoms with E-state index in [0.29, 0.717) is 0 Å². The Balaban J connectivity index is 2.84. The van der Waals surface area contributed by atoms with Crippen LogP contribution in [0.4, 0.5) is 0 Å². The SMILES string of the molecule is CNCCCCCOCCN(C)C. The van der Waals surface area contributed by atoms with Gasteiger partial charge in [-0.2, -0.15) is 0 Å². The first-order valence-electron chi connectivity index (χ1n) is 5.14. The van der Waals surface area contributed by atoms with E-state index in [1.165, 1.54) is 19.3 Å². The van der Waals surface area contributed by atoms with Gasteiger partial charge in [0.05, 0.1) is 6.61 Å². The number of unbranched alkanes of at least 4 members (excludes halogenated alkanes) is 2. The fourth-order valence-electron chi connectivity index (χ4n) is 1.03. The maximum absolute atomic E-state index is 5.46. The molecule has 1 N–H and O–H groups in total. The van der Waals surface area contributed by atoms with Gasteiger partial charge >= 0.3 is 0 Å². The van der Waals surface area contributed by atoms with Gasteiger partial charge in [-0.3, -0.25) is 0 Å². The molecule has 0 saturated carbocycles. The van der Waals surface area contributed by atoms with Crippen molar-refractivity contribution >= 4 is 0 Å². The van der Waals surface area contributed by atoms with Crippen molar-refractivity contribution in [3.05, 3.63) is 0 Å². The van der Waals surface area contributed by atoms with Crippen LogP contribution >= 0.6 is 0 Å². The van der Waals surface area contributed by atoms with E-state index in [2.05, 4.69) is 24.3 Å². The maximum atomic E-state index is 5.46. The second-order valence-electron chi connectivity index (χ2n) is 3.58. The maximum Gasteiger partial charge on any atom is 0.0593 e. The molecule has 0 aliphatic heterocycles. The van der Waals surface area contributed by atoms with Crippen molar-refractivity contribution in [3.8, 4) is 0 Å². The average molecular weight is 188 g/mol. The minimum absolute atomic E-state index is 0.860. The summed E-state index contributed by atoms with van der Waals surface area (Å²) in [6, 6.07) is 0. The average Bonchev–Trinajstić information content (AvgIpc) is 2.09. The predicted molar refractivity (Wildman–Crippen MR) is 57.2 cm³/mol. The van der Waals surface area contributed by atoms with Crippen LogP contribution in [0.15, 0.2) is 0 Å². The molecule has 0 spiro atoms. The largest absolute Gasteiger partial charge is 0.380 e. The van der Waals surface area contributed by atoms with Gasteiger partial charge in [-0.05, 0) is 47.0 Å². The normalized spacial score (nSPS) is 11.1. The van der Waals surface area contributed by atoms with Gasteiger partial charge in [-0.15, -0.1) is 0 Å². The zero-order valence-electron chi connectivity index (χ0n) is 9.31. The van der Waals surface area contributed by atoms with E-state index < -0.39 is 0 Å². The molecule has 0 saturated heterocycles. The van der Waals surface area contributed by atoms with Crippen molar-refractivity contribution in [2.45, 2.75) is 19.3 Å². The Hall–Kier alpha value is -0.120. The molecule has 0 amide bonds. The molecule has 0 heterocycles. The molecule has 3 heteroatoms.